The predicted octanol–water partition coefficient (Wildman–Crippen LogP) is 4.63. The molecule has 0 amide bonds. The lowest BCUT2D eigenvalue weighted by Gasteiger charge is -2.09. The zero-order valence-corrected chi connectivity index (χ0v) is 13.5. The van der Waals surface area contributed by atoms with Crippen LogP contribution in [0, 0.1) is 0 Å². The summed E-state index contributed by atoms with van der Waals surface area (Å²) in [6.45, 7) is 0.510. The molecule has 0 saturated carbocycles. The number of nitrogens with zero attached hydrogens (tertiary/aromatic N) is 3. The summed E-state index contributed by atoms with van der Waals surface area (Å²) in [6.07, 6.45) is 1.98. The smallest absolute Gasteiger partial charge is 0.130 e. The maximum atomic E-state index is 6.30. The van der Waals surface area contributed by atoms with Gasteiger partial charge in [0.1, 0.15) is 10.8 Å². The summed E-state index contributed by atoms with van der Waals surface area (Å²) in [6, 6.07) is 11.2. The molecule has 0 atom stereocenters. The Morgan fingerprint density at radius 3 is 2.67 bits per heavy atom. The molecule has 1 aliphatic heterocycles. The summed E-state index contributed by atoms with van der Waals surface area (Å²) in [5, 5.41) is 1.98. The van der Waals surface area contributed by atoms with Gasteiger partial charge in [0.2, 0.25) is 0 Å². The van der Waals surface area contributed by atoms with Crippen molar-refractivity contribution in [2.24, 2.45) is 9.98 Å². The van der Waals surface area contributed by atoms with Gasteiger partial charge in [0, 0.05) is 5.56 Å². The Bertz CT molecular complexity index is 756. The van der Waals surface area contributed by atoms with Crippen LogP contribution in [0.15, 0.2) is 46.4 Å². The molecule has 1 aromatic carbocycles. The SMILES string of the molecule is CSC1=Nc2ccc(Cl)nc2C(c2ccccc2Cl)=NC1. The number of aromatic nitrogens is 1. The highest BCUT2D eigenvalue weighted by atomic mass is 35.5. The number of pyridine rings is 1. The Morgan fingerprint density at radius 2 is 1.90 bits per heavy atom. The summed E-state index contributed by atoms with van der Waals surface area (Å²) in [5.41, 5.74) is 3.00. The van der Waals surface area contributed by atoms with Crippen molar-refractivity contribution in [3.63, 3.8) is 0 Å². The number of thioether (sulfide) groups is 1. The fourth-order valence-electron chi connectivity index (χ4n) is 2.06. The molecule has 3 nitrogen and oxygen atoms in total. The van der Waals surface area contributed by atoms with Crippen molar-refractivity contribution in [2.75, 3.05) is 12.8 Å². The number of aliphatic imine (C=N–C) groups is 2. The molecule has 106 valence electrons. The molecule has 0 radical (unpaired) electrons. The first-order valence-corrected chi connectivity index (χ1v) is 8.25. The molecule has 0 unspecified atom stereocenters. The Morgan fingerprint density at radius 1 is 1.10 bits per heavy atom. The van der Waals surface area contributed by atoms with E-state index >= 15 is 0 Å². The van der Waals surface area contributed by atoms with Gasteiger partial charge in [-0.3, -0.25) is 4.99 Å². The third kappa shape index (κ3) is 2.98. The van der Waals surface area contributed by atoms with Crippen molar-refractivity contribution in [2.45, 2.75) is 0 Å². The molecule has 1 aliphatic rings. The molecule has 0 spiro atoms. The van der Waals surface area contributed by atoms with Gasteiger partial charge in [-0.05, 0) is 24.5 Å². The van der Waals surface area contributed by atoms with Crippen LogP contribution in [0.2, 0.25) is 10.2 Å². The van der Waals surface area contributed by atoms with Crippen molar-refractivity contribution in [3.8, 4) is 0 Å². The van der Waals surface area contributed by atoms with Crippen molar-refractivity contribution < 1.29 is 0 Å². The van der Waals surface area contributed by atoms with E-state index in [9.17, 15) is 0 Å². The van der Waals surface area contributed by atoms with Crippen LogP contribution in [0.1, 0.15) is 11.3 Å². The monoisotopic (exact) mass is 335 g/mol. The van der Waals surface area contributed by atoms with Gasteiger partial charge >= 0.3 is 0 Å². The van der Waals surface area contributed by atoms with Crippen LogP contribution in [0.5, 0.6) is 0 Å². The van der Waals surface area contributed by atoms with Crippen molar-refractivity contribution >= 4 is 51.4 Å². The summed E-state index contributed by atoms with van der Waals surface area (Å²) in [4.78, 5) is 13.7. The molecule has 1 aromatic heterocycles. The average Bonchev–Trinajstić information content (AvgIpc) is 2.67. The predicted molar refractivity (Wildman–Crippen MR) is 91.8 cm³/mol. The lowest BCUT2D eigenvalue weighted by Crippen LogP contribution is -2.07. The highest BCUT2D eigenvalue weighted by molar-refractivity contribution is 8.13. The van der Waals surface area contributed by atoms with Gasteiger partial charge in [0.05, 0.1) is 28.0 Å². The second kappa shape index (κ2) is 6.18. The summed E-state index contributed by atoms with van der Waals surface area (Å²) in [7, 11) is 0. The zero-order valence-electron chi connectivity index (χ0n) is 11.2. The normalized spacial score (nSPS) is 14.0. The molecule has 0 aliphatic carbocycles. The van der Waals surface area contributed by atoms with Gasteiger partial charge in [-0.25, -0.2) is 9.98 Å². The molecule has 3 rings (SSSR count). The summed E-state index contributed by atoms with van der Waals surface area (Å²) >= 11 is 13.9. The third-order valence-corrected chi connectivity index (χ3v) is 4.28. The second-order valence-corrected chi connectivity index (χ2v) is 6.03. The number of hydrogen-bond donors (Lipinski definition) is 0. The average molecular weight is 336 g/mol. The Kier molecular flexibility index (Phi) is 4.29. The third-order valence-electron chi connectivity index (χ3n) is 3.05. The number of rotatable bonds is 1. The lowest BCUT2D eigenvalue weighted by atomic mass is 10.1. The number of hydrogen-bond acceptors (Lipinski definition) is 4. The van der Waals surface area contributed by atoms with Crippen molar-refractivity contribution in [1.29, 1.82) is 0 Å². The van der Waals surface area contributed by atoms with Crippen LogP contribution in [0.3, 0.4) is 0 Å². The zero-order chi connectivity index (χ0) is 14.8. The van der Waals surface area contributed by atoms with Gasteiger partial charge in [0.15, 0.2) is 0 Å². The van der Waals surface area contributed by atoms with Gasteiger partial charge in [-0.1, -0.05) is 41.4 Å². The molecule has 2 aromatic rings. The quantitative estimate of drug-likeness (QED) is 0.712. The van der Waals surface area contributed by atoms with E-state index in [0.29, 0.717) is 22.4 Å². The number of halogens is 2. The van der Waals surface area contributed by atoms with E-state index in [0.717, 1.165) is 22.0 Å². The van der Waals surface area contributed by atoms with E-state index in [4.69, 9.17) is 23.2 Å². The molecular formula is C15H11Cl2N3S. The molecule has 0 N–H and O–H groups in total. The van der Waals surface area contributed by atoms with Crippen LogP contribution in [0.25, 0.3) is 0 Å². The summed E-state index contributed by atoms with van der Waals surface area (Å²) < 4.78 is 0. The van der Waals surface area contributed by atoms with Gasteiger partial charge in [0.25, 0.3) is 0 Å². The van der Waals surface area contributed by atoms with Crippen molar-refractivity contribution in [1.82, 2.24) is 4.98 Å². The number of fused-ring (bicyclic) bond motifs is 1. The first-order chi connectivity index (χ1) is 10.2. The fourth-order valence-corrected chi connectivity index (χ4v) is 2.82. The van der Waals surface area contributed by atoms with Crippen LogP contribution in [0.4, 0.5) is 5.69 Å². The topological polar surface area (TPSA) is 37.6 Å². The fraction of sp³-hybridized carbons (Fsp3) is 0.133. The minimum absolute atomic E-state index is 0.413. The second-order valence-electron chi connectivity index (χ2n) is 4.36. The van der Waals surface area contributed by atoms with E-state index < -0.39 is 0 Å². The van der Waals surface area contributed by atoms with E-state index in [-0.39, 0.29) is 0 Å². The molecule has 0 fully saturated rings. The minimum atomic E-state index is 0.413. The largest absolute Gasteiger partial charge is 0.275 e. The molecule has 2 heterocycles. The van der Waals surface area contributed by atoms with Gasteiger partial charge < -0.3 is 0 Å². The highest BCUT2D eigenvalue weighted by Crippen LogP contribution is 2.29. The highest BCUT2D eigenvalue weighted by Gasteiger charge is 2.19. The molecule has 21 heavy (non-hydrogen) atoms. The van der Waals surface area contributed by atoms with E-state index in [1.165, 1.54) is 0 Å². The summed E-state index contributed by atoms with van der Waals surface area (Å²) in [5.74, 6) is 0. The lowest BCUT2D eigenvalue weighted by molar-refractivity contribution is 1.26. The van der Waals surface area contributed by atoms with E-state index in [1.54, 1.807) is 17.8 Å². The number of benzene rings is 1. The molecule has 6 heteroatoms. The molecule has 0 saturated heterocycles. The Balaban J connectivity index is 2.22. The van der Waals surface area contributed by atoms with E-state index in [1.807, 2.05) is 36.6 Å². The van der Waals surface area contributed by atoms with Crippen LogP contribution in [-0.2, 0) is 0 Å². The maximum absolute atomic E-state index is 6.30. The van der Waals surface area contributed by atoms with Crippen molar-refractivity contribution in [3.05, 3.63) is 57.8 Å². The Labute approximate surface area is 137 Å². The first-order valence-electron chi connectivity index (χ1n) is 6.27. The van der Waals surface area contributed by atoms with Gasteiger partial charge in [-0.15, -0.1) is 11.8 Å². The standard InChI is InChI=1S/C15H11Cl2N3S/c1-21-13-8-18-14(9-4-2-3-5-10(9)16)15-11(19-13)6-7-12(17)20-15/h2-7H,8H2,1H3. The molecular weight excluding hydrogens is 325 g/mol. The van der Waals surface area contributed by atoms with Crippen LogP contribution >= 0.6 is 35.0 Å². The van der Waals surface area contributed by atoms with Gasteiger partial charge in [-0.2, -0.15) is 0 Å². The minimum Gasteiger partial charge on any atom is -0.275 e. The molecule has 0 bridgehead atoms. The van der Waals surface area contributed by atoms with Crippen LogP contribution < -0.4 is 0 Å². The van der Waals surface area contributed by atoms with Crippen LogP contribution in [-0.4, -0.2) is 28.5 Å². The van der Waals surface area contributed by atoms with E-state index in [2.05, 4.69) is 15.0 Å². The Hall–Kier alpha value is -1.36. The first kappa shape index (κ1) is 14.6. The maximum Gasteiger partial charge on any atom is 0.130 e.